The van der Waals surface area contributed by atoms with E-state index in [0.717, 1.165) is 11.4 Å². The van der Waals surface area contributed by atoms with Crippen LogP contribution in [0.15, 0.2) is 42.5 Å². The molecule has 0 bridgehead atoms. The van der Waals surface area contributed by atoms with Gasteiger partial charge in [0.25, 0.3) is 0 Å². The molecule has 0 amide bonds. The van der Waals surface area contributed by atoms with Gasteiger partial charge in [0.15, 0.2) is 5.78 Å². The molecule has 2 aromatic carbocycles. The smallest absolute Gasteiger partial charge is 0.161 e. The molecule has 0 unspecified atom stereocenters. The lowest BCUT2D eigenvalue weighted by Gasteiger charge is -2.20. The Bertz CT molecular complexity index is 622. The van der Waals surface area contributed by atoms with Crippen LogP contribution >= 0.6 is 11.6 Å². The molecule has 2 nitrogen and oxygen atoms in total. The van der Waals surface area contributed by atoms with E-state index in [9.17, 15) is 4.79 Å². The number of carbonyl (C=O) groups is 1. The lowest BCUT2D eigenvalue weighted by molar-refractivity contribution is 0.101. The molecule has 2 rings (SSSR count). The summed E-state index contributed by atoms with van der Waals surface area (Å²) >= 11 is 6.14. The molecule has 0 aromatic heterocycles. The lowest BCUT2D eigenvalue weighted by Crippen LogP contribution is -2.10. The molecule has 0 saturated carbocycles. The fourth-order valence-electron chi connectivity index (χ4n) is 1.98. The van der Waals surface area contributed by atoms with Gasteiger partial charge in [-0.2, -0.15) is 0 Å². The molecule has 0 heterocycles. The van der Waals surface area contributed by atoms with Gasteiger partial charge in [-0.1, -0.05) is 23.7 Å². The minimum absolute atomic E-state index is 0.0187. The Balaban J connectivity index is 2.37. The van der Waals surface area contributed by atoms with Gasteiger partial charge in [-0.3, -0.25) is 4.79 Å². The Hall–Kier alpha value is -1.80. The average molecular weight is 274 g/mol. The van der Waals surface area contributed by atoms with Gasteiger partial charge < -0.3 is 4.90 Å². The first kappa shape index (κ1) is 13.6. The summed E-state index contributed by atoms with van der Waals surface area (Å²) < 4.78 is 0. The van der Waals surface area contributed by atoms with Gasteiger partial charge >= 0.3 is 0 Å². The predicted molar refractivity (Wildman–Crippen MR) is 80.7 cm³/mol. The molecule has 0 atom stereocenters. The van der Waals surface area contributed by atoms with E-state index in [1.807, 2.05) is 36.2 Å². The molecule has 0 N–H and O–H groups in total. The number of benzene rings is 2. The third-order valence-corrected chi connectivity index (χ3v) is 3.42. The Morgan fingerprint density at radius 2 is 1.79 bits per heavy atom. The number of hydrogen-bond donors (Lipinski definition) is 0. The molecule has 0 aliphatic carbocycles. The van der Waals surface area contributed by atoms with Crippen LogP contribution in [0.3, 0.4) is 0 Å². The first-order chi connectivity index (χ1) is 8.99. The molecule has 0 saturated heterocycles. The third kappa shape index (κ3) is 2.96. The van der Waals surface area contributed by atoms with Gasteiger partial charge in [-0.25, -0.2) is 0 Å². The Morgan fingerprint density at radius 3 is 2.37 bits per heavy atom. The summed E-state index contributed by atoms with van der Waals surface area (Å²) in [7, 11) is 1.98. The maximum Gasteiger partial charge on any atom is 0.161 e. The Morgan fingerprint density at radius 1 is 1.11 bits per heavy atom. The number of anilines is 2. The fraction of sp³-hybridized carbons (Fsp3) is 0.188. The molecule has 0 spiro atoms. The number of nitrogens with zero attached hydrogens (tertiary/aromatic N) is 1. The molecular weight excluding hydrogens is 258 g/mol. The van der Waals surface area contributed by atoms with Crippen molar-refractivity contribution in [2.45, 2.75) is 13.8 Å². The zero-order valence-corrected chi connectivity index (χ0v) is 12.0. The largest absolute Gasteiger partial charge is 0.345 e. The lowest BCUT2D eigenvalue weighted by atomic mass is 10.1. The zero-order valence-electron chi connectivity index (χ0n) is 11.3. The minimum Gasteiger partial charge on any atom is -0.345 e. The van der Waals surface area contributed by atoms with E-state index in [1.54, 1.807) is 6.07 Å². The number of halogens is 1. The van der Waals surface area contributed by atoms with Crippen LogP contribution in [-0.2, 0) is 0 Å². The van der Waals surface area contributed by atoms with E-state index in [2.05, 4.69) is 19.1 Å². The van der Waals surface area contributed by atoms with Crippen molar-refractivity contribution in [1.82, 2.24) is 0 Å². The van der Waals surface area contributed by atoms with Crippen LogP contribution in [0.2, 0.25) is 5.02 Å². The molecule has 0 aliphatic rings. The third-order valence-electron chi connectivity index (χ3n) is 3.11. The van der Waals surface area contributed by atoms with Crippen LogP contribution in [0.5, 0.6) is 0 Å². The van der Waals surface area contributed by atoms with Gasteiger partial charge in [-0.15, -0.1) is 0 Å². The quantitative estimate of drug-likeness (QED) is 0.761. The second-order valence-corrected chi connectivity index (χ2v) is 5.03. The maximum absolute atomic E-state index is 11.4. The van der Waals surface area contributed by atoms with Gasteiger partial charge in [0.2, 0.25) is 0 Å². The fourth-order valence-corrected chi connectivity index (χ4v) is 2.29. The van der Waals surface area contributed by atoms with Crippen LogP contribution < -0.4 is 4.90 Å². The number of carbonyl (C=O) groups excluding carboxylic acids is 1. The van der Waals surface area contributed by atoms with Crippen molar-refractivity contribution >= 4 is 28.8 Å². The van der Waals surface area contributed by atoms with E-state index in [1.165, 1.54) is 12.5 Å². The number of ketones is 1. The molecule has 0 radical (unpaired) electrons. The van der Waals surface area contributed by atoms with Gasteiger partial charge in [0.1, 0.15) is 0 Å². The van der Waals surface area contributed by atoms with Gasteiger partial charge in [0.05, 0.1) is 5.02 Å². The van der Waals surface area contributed by atoms with Crippen molar-refractivity contribution in [2.75, 3.05) is 11.9 Å². The van der Waals surface area contributed by atoms with Crippen molar-refractivity contribution < 1.29 is 4.79 Å². The van der Waals surface area contributed by atoms with E-state index in [-0.39, 0.29) is 5.78 Å². The highest BCUT2D eigenvalue weighted by Gasteiger charge is 2.09. The number of hydrogen-bond acceptors (Lipinski definition) is 2. The second-order valence-electron chi connectivity index (χ2n) is 4.62. The second kappa shape index (κ2) is 5.45. The molecule has 0 aliphatic heterocycles. The summed E-state index contributed by atoms with van der Waals surface area (Å²) in [5, 5.41) is 0.490. The molecule has 98 valence electrons. The summed E-state index contributed by atoms with van der Waals surface area (Å²) in [5.74, 6) is -0.0187. The van der Waals surface area contributed by atoms with Crippen LogP contribution in [0.1, 0.15) is 22.8 Å². The predicted octanol–water partition coefficient (Wildman–Crippen LogP) is 4.62. The maximum atomic E-state index is 11.4. The summed E-state index contributed by atoms with van der Waals surface area (Å²) in [6, 6.07) is 13.7. The zero-order chi connectivity index (χ0) is 14.0. The standard InChI is InChI=1S/C16H16ClNO/c1-11-5-4-6-13(9-11)18(3)14-7-8-15(12(2)19)16(17)10-14/h4-10H,1-3H3. The van der Waals surface area contributed by atoms with Crippen molar-refractivity contribution in [3.63, 3.8) is 0 Å². The topological polar surface area (TPSA) is 20.3 Å². The number of rotatable bonds is 3. The first-order valence-corrected chi connectivity index (χ1v) is 6.47. The molecule has 3 heteroatoms. The van der Waals surface area contributed by atoms with Crippen molar-refractivity contribution in [1.29, 1.82) is 0 Å². The summed E-state index contributed by atoms with van der Waals surface area (Å²) in [4.78, 5) is 13.4. The number of aryl methyl sites for hydroxylation is 1. The van der Waals surface area contributed by atoms with Crippen LogP contribution in [0.25, 0.3) is 0 Å². The van der Waals surface area contributed by atoms with Crippen molar-refractivity contribution in [3.05, 3.63) is 58.6 Å². The van der Waals surface area contributed by atoms with E-state index < -0.39 is 0 Å². The van der Waals surface area contributed by atoms with Crippen LogP contribution in [-0.4, -0.2) is 12.8 Å². The van der Waals surface area contributed by atoms with Crippen molar-refractivity contribution in [3.8, 4) is 0 Å². The normalized spacial score (nSPS) is 10.3. The highest BCUT2D eigenvalue weighted by molar-refractivity contribution is 6.34. The highest BCUT2D eigenvalue weighted by atomic mass is 35.5. The highest BCUT2D eigenvalue weighted by Crippen LogP contribution is 2.28. The molecule has 19 heavy (non-hydrogen) atoms. The summed E-state index contributed by atoms with van der Waals surface area (Å²) in [6.45, 7) is 3.58. The van der Waals surface area contributed by atoms with E-state index in [4.69, 9.17) is 11.6 Å². The number of Topliss-reactive ketones (excluding diaryl/α,β-unsaturated/α-hetero) is 1. The van der Waals surface area contributed by atoms with E-state index >= 15 is 0 Å². The van der Waals surface area contributed by atoms with Crippen LogP contribution in [0, 0.1) is 6.92 Å². The van der Waals surface area contributed by atoms with Gasteiger partial charge in [-0.05, 0) is 49.7 Å². The Kier molecular flexibility index (Phi) is 3.91. The molecule has 0 fully saturated rings. The Labute approximate surface area is 118 Å². The molecular formula is C16H16ClNO. The van der Waals surface area contributed by atoms with E-state index in [0.29, 0.717) is 10.6 Å². The molecule has 2 aromatic rings. The average Bonchev–Trinajstić information content (AvgIpc) is 2.37. The summed E-state index contributed by atoms with van der Waals surface area (Å²) in [5.41, 5.74) is 3.81. The van der Waals surface area contributed by atoms with Crippen molar-refractivity contribution in [2.24, 2.45) is 0 Å². The van der Waals surface area contributed by atoms with Gasteiger partial charge in [0, 0.05) is 24.0 Å². The minimum atomic E-state index is -0.0187. The summed E-state index contributed by atoms with van der Waals surface area (Å²) in [6.07, 6.45) is 0. The first-order valence-electron chi connectivity index (χ1n) is 6.10. The SMILES string of the molecule is CC(=O)c1ccc(N(C)c2cccc(C)c2)cc1Cl. The van der Waals surface area contributed by atoms with Crippen LogP contribution in [0.4, 0.5) is 11.4 Å². The monoisotopic (exact) mass is 273 g/mol.